The van der Waals surface area contributed by atoms with Crippen LogP contribution in [0, 0.1) is 17.0 Å². The Morgan fingerprint density at radius 2 is 1.94 bits per heavy atom. The van der Waals surface area contributed by atoms with Gasteiger partial charge in [0.25, 0.3) is 5.91 Å². The van der Waals surface area contributed by atoms with E-state index in [1.165, 1.54) is 15.6 Å². The zero-order valence-electron chi connectivity index (χ0n) is 18.5. The summed E-state index contributed by atoms with van der Waals surface area (Å²) in [4.78, 5) is 40.2. The number of hydrogen-bond acceptors (Lipinski definition) is 10. The van der Waals surface area contributed by atoms with E-state index >= 15 is 0 Å². The van der Waals surface area contributed by atoms with Crippen molar-refractivity contribution in [1.29, 1.82) is 0 Å². The predicted octanol–water partition coefficient (Wildman–Crippen LogP) is 0.687. The van der Waals surface area contributed by atoms with E-state index < -0.39 is 16.7 Å². The molecule has 0 aliphatic carbocycles. The highest BCUT2D eigenvalue weighted by molar-refractivity contribution is 7.99. The third kappa shape index (κ3) is 5.01. The molecule has 3 aromatic heterocycles. The molecule has 4 aromatic rings. The number of nitrogens with one attached hydrogen (secondary N) is 1. The number of hydrogen-bond donors (Lipinski definition) is 2. The molecule has 3 N–H and O–H groups in total. The number of anilines is 1. The number of benzene rings is 1. The molecule has 0 atom stereocenters. The summed E-state index contributed by atoms with van der Waals surface area (Å²) in [5, 5.41) is 30.5. The maximum atomic E-state index is 12.5. The van der Waals surface area contributed by atoms with Crippen LogP contribution in [-0.2, 0) is 18.4 Å². The second-order valence-electron chi connectivity index (χ2n) is 7.19. The fraction of sp³-hybridized carbons (Fsp3) is 0.211. The standard InChI is InChI=1S/C19H19N11O4S/c1-11-21-8-15(30(33)34)28(11)9-13-23-24-19(27(13)2)35-10-14(31)22-18-16(17(20)32)25-29(26-18)12-6-4-3-5-7-12/h3-8H,9-10H2,1-2H3,(H2,20,32)(H,22,26,31). The first-order valence-electron chi connectivity index (χ1n) is 10.0. The van der Waals surface area contributed by atoms with E-state index in [2.05, 4.69) is 30.7 Å². The molecule has 0 saturated heterocycles. The number of para-hydroxylation sites is 1. The highest BCUT2D eigenvalue weighted by Crippen LogP contribution is 2.20. The van der Waals surface area contributed by atoms with Crippen LogP contribution in [0.2, 0.25) is 0 Å². The minimum absolute atomic E-state index is 0.0616. The molecule has 0 aliphatic rings. The van der Waals surface area contributed by atoms with Crippen molar-refractivity contribution in [2.75, 3.05) is 11.1 Å². The van der Waals surface area contributed by atoms with E-state index in [9.17, 15) is 19.7 Å². The van der Waals surface area contributed by atoms with Gasteiger partial charge in [-0.05, 0) is 17.1 Å². The summed E-state index contributed by atoms with van der Waals surface area (Å²) in [5.41, 5.74) is 5.80. The zero-order chi connectivity index (χ0) is 25.1. The second kappa shape index (κ2) is 9.72. The molecule has 0 fully saturated rings. The molecule has 4 rings (SSSR count). The lowest BCUT2D eigenvalue weighted by Crippen LogP contribution is -2.19. The van der Waals surface area contributed by atoms with Gasteiger partial charge < -0.3 is 25.7 Å². The van der Waals surface area contributed by atoms with Crippen molar-refractivity contribution in [3.8, 4) is 5.69 Å². The topological polar surface area (TPSA) is 195 Å². The zero-order valence-corrected chi connectivity index (χ0v) is 19.3. The van der Waals surface area contributed by atoms with Crippen molar-refractivity contribution >= 4 is 35.2 Å². The average Bonchev–Trinajstić information content (AvgIpc) is 3.51. The number of nitrogens with two attached hydrogens (primary N) is 1. The summed E-state index contributed by atoms with van der Waals surface area (Å²) < 4.78 is 3.04. The van der Waals surface area contributed by atoms with Crippen LogP contribution >= 0.6 is 11.8 Å². The number of amides is 2. The van der Waals surface area contributed by atoms with Crippen LogP contribution in [0.25, 0.3) is 5.69 Å². The van der Waals surface area contributed by atoms with Crippen LogP contribution in [0.3, 0.4) is 0 Å². The normalized spacial score (nSPS) is 10.9. The quantitative estimate of drug-likeness (QED) is 0.189. The van der Waals surface area contributed by atoms with Crippen molar-refractivity contribution in [2.45, 2.75) is 18.6 Å². The van der Waals surface area contributed by atoms with E-state index in [0.717, 1.165) is 11.8 Å². The third-order valence-corrected chi connectivity index (χ3v) is 5.89. The summed E-state index contributed by atoms with van der Waals surface area (Å²) in [7, 11) is 1.68. The van der Waals surface area contributed by atoms with Gasteiger partial charge in [0.2, 0.25) is 5.91 Å². The van der Waals surface area contributed by atoms with Crippen molar-refractivity contribution in [3.63, 3.8) is 0 Å². The number of nitrogens with zero attached hydrogens (tertiary/aromatic N) is 9. The minimum atomic E-state index is -0.836. The lowest BCUT2D eigenvalue weighted by Gasteiger charge is -2.05. The van der Waals surface area contributed by atoms with Crippen molar-refractivity contribution in [1.82, 2.24) is 39.3 Å². The molecular weight excluding hydrogens is 478 g/mol. The summed E-state index contributed by atoms with van der Waals surface area (Å²) in [6, 6.07) is 8.84. The van der Waals surface area contributed by atoms with Gasteiger partial charge in [0.05, 0.1) is 11.4 Å². The molecule has 0 aliphatic heterocycles. The number of carbonyl (C=O) groups is 2. The van der Waals surface area contributed by atoms with E-state index in [0.29, 0.717) is 22.5 Å². The van der Waals surface area contributed by atoms with Crippen LogP contribution in [0.4, 0.5) is 11.6 Å². The van der Waals surface area contributed by atoms with Gasteiger partial charge in [-0.25, -0.2) is 9.55 Å². The van der Waals surface area contributed by atoms with Crippen LogP contribution in [0.1, 0.15) is 22.1 Å². The Labute approximate surface area is 201 Å². The smallest absolute Gasteiger partial charge is 0.343 e. The molecule has 0 bridgehead atoms. The highest BCUT2D eigenvalue weighted by atomic mass is 32.2. The van der Waals surface area contributed by atoms with Crippen LogP contribution < -0.4 is 11.1 Å². The number of aromatic nitrogens is 8. The first-order chi connectivity index (χ1) is 16.7. The van der Waals surface area contributed by atoms with Gasteiger partial charge in [-0.3, -0.25) is 9.59 Å². The number of rotatable bonds is 9. The fourth-order valence-corrected chi connectivity index (χ4v) is 3.81. The third-order valence-electron chi connectivity index (χ3n) is 4.87. The Morgan fingerprint density at radius 1 is 1.20 bits per heavy atom. The molecule has 2 amide bonds. The van der Waals surface area contributed by atoms with Gasteiger partial charge in [-0.2, -0.15) is 0 Å². The second-order valence-corrected chi connectivity index (χ2v) is 8.13. The summed E-state index contributed by atoms with van der Waals surface area (Å²) >= 11 is 1.09. The first kappa shape index (κ1) is 23.6. The van der Waals surface area contributed by atoms with Crippen molar-refractivity contribution in [2.24, 2.45) is 12.8 Å². The Bertz CT molecular complexity index is 1410. The lowest BCUT2D eigenvalue weighted by molar-refractivity contribution is -0.392. The summed E-state index contributed by atoms with van der Waals surface area (Å²) in [5.74, 6) is -0.699. The largest absolute Gasteiger partial charge is 0.364 e. The number of carbonyl (C=O) groups excluding carboxylic acids is 2. The van der Waals surface area contributed by atoms with Gasteiger partial charge in [0, 0.05) is 14.0 Å². The van der Waals surface area contributed by atoms with E-state index in [1.54, 1.807) is 42.8 Å². The van der Waals surface area contributed by atoms with Gasteiger partial charge in [-0.1, -0.05) is 30.0 Å². The molecule has 0 spiro atoms. The number of nitro groups is 1. The SMILES string of the molecule is Cc1ncc([N+](=O)[O-])n1Cc1nnc(SCC(=O)Nc2nn(-c3ccccc3)nc2C(N)=O)n1C. The molecule has 16 heteroatoms. The summed E-state index contributed by atoms with van der Waals surface area (Å²) in [6.07, 6.45) is 1.18. The molecule has 180 valence electrons. The van der Waals surface area contributed by atoms with Crippen LogP contribution in [0.5, 0.6) is 0 Å². The lowest BCUT2D eigenvalue weighted by atomic mass is 10.3. The Kier molecular flexibility index (Phi) is 6.54. The van der Waals surface area contributed by atoms with Gasteiger partial charge >= 0.3 is 5.82 Å². The number of aryl methyl sites for hydroxylation is 1. The molecule has 15 nitrogen and oxygen atoms in total. The molecular formula is C19H19N11O4S. The Morgan fingerprint density at radius 3 is 2.63 bits per heavy atom. The van der Waals surface area contributed by atoms with Gasteiger partial charge in [0.15, 0.2) is 34.9 Å². The number of thioether (sulfide) groups is 1. The van der Waals surface area contributed by atoms with Crippen molar-refractivity contribution in [3.05, 3.63) is 64.0 Å². The highest BCUT2D eigenvalue weighted by Gasteiger charge is 2.22. The first-order valence-corrected chi connectivity index (χ1v) is 11.0. The maximum absolute atomic E-state index is 12.5. The van der Waals surface area contributed by atoms with E-state index in [4.69, 9.17) is 5.73 Å². The Hall–Kier alpha value is -4.60. The van der Waals surface area contributed by atoms with Crippen LogP contribution in [0.15, 0.2) is 41.7 Å². The number of imidazole rings is 1. The maximum Gasteiger partial charge on any atom is 0.343 e. The van der Waals surface area contributed by atoms with Crippen molar-refractivity contribution < 1.29 is 14.5 Å². The Balaban J connectivity index is 1.43. The molecule has 35 heavy (non-hydrogen) atoms. The molecule has 1 aromatic carbocycles. The monoisotopic (exact) mass is 497 g/mol. The number of primary amides is 1. The predicted molar refractivity (Wildman–Crippen MR) is 123 cm³/mol. The van der Waals surface area contributed by atoms with E-state index in [1.807, 2.05) is 6.07 Å². The van der Waals surface area contributed by atoms with E-state index in [-0.39, 0.29) is 29.6 Å². The average molecular weight is 498 g/mol. The van der Waals surface area contributed by atoms with Gasteiger partial charge in [0.1, 0.15) is 6.20 Å². The minimum Gasteiger partial charge on any atom is -0.364 e. The molecule has 0 saturated carbocycles. The molecule has 3 heterocycles. The molecule has 0 unspecified atom stereocenters. The van der Waals surface area contributed by atoms with Gasteiger partial charge in [-0.15, -0.1) is 25.2 Å². The molecule has 0 radical (unpaired) electrons. The van der Waals surface area contributed by atoms with Crippen LogP contribution in [-0.4, -0.2) is 61.8 Å². The summed E-state index contributed by atoms with van der Waals surface area (Å²) in [6.45, 7) is 1.74. The fourth-order valence-electron chi connectivity index (χ4n) is 3.08.